The van der Waals surface area contributed by atoms with Crippen LogP contribution in [0.3, 0.4) is 0 Å². The third-order valence-electron chi connectivity index (χ3n) is 5.36. The molecule has 0 saturated carbocycles. The summed E-state index contributed by atoms with van der Waals surface area (Å²) < 4.78 is 5.72. The van der Waals surface area contributed by atoms with Crippen molar-refractivity contribution in [1.82, 2.24) is 10.2 Å². The van der Waals surface area contributed by atoms with Gasteiger partial charge in [-0.1, -0.05) is 90.3 Å². The monoisotopic (exact) mass is 532 g/mol. The Balaban J connectivity index is 1.93. The van der Waals surface area contributed by atoms with E-state index in [1.165, 1.54) is 4.90 Å². The second-order valence-corrected chi connectivity index (χ2v) is 9.22. The van der Waals surface area contributed by atoms with Gasteiger partial charge >= 0.3 is 0 Å². The Morgan fingerprint density at radius 1 is 0.943 bits per heavy atom. The quantitative estimate of drug-likeness (QED) is 0.320. The maximum atomic E-state index is 13.5. The second-order valence-electron chi connectivity index (χ2n) is 7.97. The lowest BCUT2D eigenvalue weighted by Gasteiger charge is -2.31. The molecule has 3 aromatic rings. The lowest BCUT2D eigenvalue weighted by atomic mass is 10.0. The molecule has 2 amide bonds. The summed E-state index contributed by atoms with van der Waals surface area (Å²) in [6, 6.07) is 20.8. The van der Waals surface area contributed by atoms with Crippen LogP contribution in [0.2, 0.25) is 15.1 Å². The highest BCUT2D eigenvalue weighted by Gasteiger charge is 2.31. The normalized spacial score (nSPS) is 11.5. The highest BCUT2D eigenvalue weighted by Crippen LogP contribution is 2.26. The molecule has 0 unspecified atom stereocenters. The van der Waals surface area contributed by atoms with Crippen molar-refractivity contribution < 1.29 is 14.3 Å². The number of rotatable bonds is 11. The van der Waals surface area contributed by atoms with Crippen molar-refractivity contribution in [3.8, 4) is 5.75 Å². The number of nitrogens with zero attached hydrogens (tertiary/aromatic N) is 1. The zero-order valence-electron chi connectivity index (χ0n) is 19.3. The van der Waals surface area contributed by atoms with Crippen LogP contribution in [0.4, 0.5) is 0 Å². The van der Waals surface area contributed by atoms with Crippen LogP contribution in [0.1, 0.15) is 24.5 Å². The van der Waals surface area contributed by atoms with E-state index in [0.29, 0.717) is 39.3 Å². The van der Waals surface area contributed by atoms with Gasteiger partial charge in [0, 0.05) is 29.6 Å². The van der Waals surface area contributed by atoms with E-state index in [2.05, 4.69) is 5.32 Å². The van der Waals surface area contributed by atoms with Crippen molar-refractivity contribution in [2.45, 2.75) is 32.4 Å². The van der Waals surface area contributed by atoms with E-state index in [-0.39, 0.29) is 25.0 Å². The number of nitrogens with one attached hydrogen (secondary N) is 1. The van der Waals surface area contributed by atoms with E-state index in [0.717, 1.165) is 12.0 Å². The molecule has 0 aliphatic rings. The number of hydrogen-bond donors (Lipinski definition) is 1. The molecule has 1 N–H and O–H groups in total. The van der Waals surface area contributed by atoms with Crippen molar-refractivity contribution in [2.24, 2.45) is 0 Å². The van der Waals surface area contributed by atoms with Gasteiger partial charge in [-0.25, -0.2) is 0 Å². The summed E-state index contributed by atoms with van der Waals surface area (Å²) in [5.41, 5.74) is 1.60. The first-order valence-electron chi connectivity index (χ1n) is 11.3. The van der Waals surface area contributed by atoms with E-state index in [9.17, 15) is 9.59 Å². The minimum absolute atomic E-state index is 0.109. The van der Waals surface area contributed by atoms with Crippen molar-refractivity contribution in [3.05, 3.63) is 99.0 Å². The fraction of sp³-hybridized carbons (Fsp3) is 0.259. The number of amides is 2. The minimum atomic E-state index is -0.780. The molecule has 0 fully saturated rings. The molecule has 0 aliphatic heterocycles. The second kappa shape index (κ2) is 13.4. The summed E-state index contributed by atoms with van der Waals surface area (Å²) in [7, 11) is 0. The highest BCUT2D eigenvalue weighted by molar-refractivity contribution is 6.35. The summed E-state index contributed by atoms with van der Waals surface area (Å²) in [4.78, 5) is 28.3. The van der Waals surface area contributed by atoms with Gasteiger partial charge in [0.05, 0.1) is 5.02 Å². The Hall–Kier alpha value is -2.73. The molecule has 0 spiro atoms. The number of carbonyl (C=O) groups excluding carboxylic acids is 2. The first-order chi connectivity index (χ1) is 16.9. The number of benzene rings is 3. The lowest BCUT2D eigenvalue weighted by Crippen LogP contribution is -2.51. The topological polar surface area (TPSA) is 58.6 Å². The molecule has 3 aromatic carbocycles. The maximum absolute atomic E-state index is 13.5. The fourth-order valence-electron chi connectivity index (χ4n) is 3.54. The first-order valence-corrected chi connectivity index (χ1v) is 12.4. The molecule has 35 heavy (non-hydrogen) atoms. The Morgan fingerprint density at radius 3 is 2.34 bits per heavy atom. The number of carbonyl (C=O) groups is 2. The summed E-state index contributed by atoms with van der Waals surface area (Å²) in [5.74, 6) is -0.225. The standard InChI is InChI=1S/C27H27Cl3N2O3/c1-2-14-31-27(34)24(15-19-8-4-3-5-9-19)32(17-20-12-13-21(28)16-23(20)30)26(33)18-35-25-11-7-6-10-22(25)29/h3-13,16,24H,2,14-15,17-18H2,1H3,(H,31,34)/t24-/m0/s1. The SMILES string of the molecule is CCCNC(=O)[C@H](Cc1ccccc1)N(Cc1ccc(Cl)cc1Cl)C(=O)COc1ccccc1Cl. The van der Waals surface area contributed by atoms with E-state index < -0.39 is 6.04 Å². The number of para-hydroxylation sites is 1. The Kier molecular flexibility index (Phi) is 10.3. The van der Waals surface area contributed by atoms with Crippen LogP contribution in [0.25, 0.3) is 0 Å². The molecule has 1 atom stereocenters. The summed E-state index contributed by atoms with van der Waals surface area (Å²) in [6.45, 7) is 2.29. The molecule has 184 valence electrons. The molecule has 8 heteroatoms. The summed E-state index contributed by atoms with van der Waals surface area (Å²) >= 11 is 18.7. The predicted molar refractivity (Wildman–Crippen MR) is 141 cm³/mol. The molecule has 0 bridgehead atoms. The van der Waals surface area contributed by atoms with E-state index in [1.54, 1.807) is 42.5 Å². The third kappa shape index (κ3) is 7.89. The third-order valence-corrected chi connectivity index (χ3v) is 6.26. The van der Waals surface area contributed by atoms with Gasteiger partial charge in [-0.2, -0.15) is 0 Å². The molecule has 0 aromatic heterocycles. The van der Waals surface area contributed by atoms with Crippen LogP contribution in [0.15, 0.2) is 72.8 Å². The summed E-state index contributed by atoms with van der Waals surface area (Å²) in [6.07, 6.45) is 1.11. The van der Waals surface area contributed by atoms with Gasteiger partial charge in [-0.3, -0.25) is 9.59 Å². The van der Waals surface area contributed by atoms with Crippen molar-refractivity contribution in [3.63, 3.8) is 0 Å². The Labute approximate surface area is 220 Å². The summed E-state index contributed by atoms with van der Waals surface area (Å²) in [5, 5.41) is 4.23. The number of ether oxygens (including phenoxy) is 1. The van der Waals surface area contributed by atoms with Gasteiger partial charge in [0.2, 0.25) is 5.91 Å². The molecular formula is C27H27Cl3N2O3. The van der Waals surface area contributed by atoms with Crippen LogP contribution in [0, 0.1) is 0 Å². The lowest BCUT2D eigenvalue weighted by molar-refractivity contribution is -0.142. The average molecular weight is 534 g/mol. The molecule has 0 radical (unpaired) electrons. The molecule has 0 saturated heterocycles. The van der Waals surface area contributed by atoms with Crippen LogP contribution >= 0.6 is 34.8 Å². The minimum Gasteiger partial charge on any atom is -0.482 e. The van der Waals surface area contributed by atoms with Gasteiger partial charge in [0.1, 0.15) is 11.8 Å². The first kappa shape index (κ1) is 26.9. The Bertz CT molecular complexity index is 1140. The van der Waals surface area contributed by atoms with Crippen molar-refractivity contribution in [2.75, 3.05) is 13.2 Å². The number of hydrogen-bond acceptors (Lipinski definition) is 3. The van der Waals surface area contributed by atoms with Crippen LogP contribution in [-0.2, 0) is 22.6 Å². The number of halogens is 3. The molecule has 0 heterocycles. The molecule has 3 rings (SSSR count). The van der Waals surface area contributed by atoms with Crippen molar-refractivity contribution in [1.29, 1.82) is 0 Å². The fourth-order valence-corrected chi connectivity index (χ4v) is 4.20. The van der Waals surface area contributed by atoms with Crippen LogP contribution in [-0.4, -0.2) is 35.9 Å². The molecular weight excluding hydrogens is 507 g/mol. The van der Waals surface area contributed by atoms with Gasteiger partial charge in [0.25, 0.3) is 5.91 Å². The molecule has 5 nitrogen and oxygen atoms in total. The van der Waals surface area contributed by atoms with E-state index >= 15 is 0 Å². The zero-order valence-corrected chi connectivity index (χ0v) is 21.6. The van der Waals surface area contributed by atoms with E-state index in [4.69, 9.17) is 39.5 Å². The van der Waals surface area contributed by atoms with Gasteiger partial charge in [-0.05, 0) is 41.8 Å². The van der Waals surface area contributed by atoms with Gasteiger partial charge in [-0.15, -0.1) is 0 Å². The van der Waals surface area contributed by atoms with Gasteiger partial charge < -0.3 is 15.0 Å². The molecule has 0 aliphatic carbocycles. The average Bonchev–Trinajstić information content (AvgIpc) is 2.85. The predicted octanol–water partition coefficient (Wildman–Crippen LogP) is 6.19. The van der Waals surface area contributed by atoms with E-state index in [1.807, 2.05) is 37.3 Å². The largest absolute Gasteiger partial charge is 0.482 e. The zero-order chi connectivity index (χ0) is 25.2. The smallest absolute Gasteiger partial charge is 0.261 e. The maximum Gasteiger partial charge on any atom is 0.261 e. The van der Waals surface area contributed by atoms with Crippen LogP contribution < -0.4 is 10.1 Å². The highest BCUT2D eigenvalue weighted by atomic mass is 35.5. The van der Waals surface area contributed by atoms with Gasteiger partial charge in [0.15, 0.2) is 6.61 Å². The van der Waals surface area contributed by atoms with Crippen molar-refractivity contribution >= 4 is 46.6 Å². The van der Waals surface area contributed by atoms with Crippen LogP contribution in [0.5, 0.6) is 5.75 Å². The Morgan fingerprint density at radius 2 is 1.66 bits per heavy atom.